The molecule has 1 amide bonds. The highest BCUT2D eigenvalue weighted by atomic mass is 32.1. The molecule has 0 spiro atoms. The van der Waals surface area contributed by atoms with Crippen molar-refractivity contribution in [2.75, 3.05) is 7.11 Å². The van der Waals surface area contributed by atoms with Crippen LogP contribution in [-0.2, 0) is 27.3 Å². The predicted octanol–water partition coefficient (Wildman–Crippen LogP) is 3.63. The fourth-order valence-corrected chi connectivity index (χ4v) is 4.02. The maximum absolute atomic E-state index is 12.4. The van der Waals surface area contributed by atoms with Crippen molar-refractivity contribution in [2.45, 2.75) is 32.7 Å². The normalized spacial score (nSPS) is 11.7. The second kappa shape index (κ2) is 8.77. The first kappa shape index (κ1) is 19.0. The number of thiazole rings is 1. The second-order valence-corrected chi connectivity index (χ2v) is 7.33. The number of methoxy groups -OCH3 is 1. The van der Waals surface area contributed by atoms with Crippen molar-refractivity contribution >= 4 is 33.4 Å². The summed E-state index contributed by atoms with van der Waals surface area (Å²) in [5.74, 6) is -0.440. The van der Waals surface area contributed by atoms with Gasteiger partial charge in [0.15, 0.2) is 4.80 Å². The standard InChI is InChI=1S/C21H22N2O3S/c1-15-8-10-17-18(14-15)27-21(23(17)13-12-20(25)26-2)22-19(24)11-9-16-6-4-3-5-7-16/h3-8,10,14H,9,11-13H2,1-2H3. The summed E-state index contributed by atoms with van der Waals surface area (Å²) in [6, 6.07) is 16.0. The monoisotopic (exact) mass is 382 g/mol. The van der Waals surface area contributed by atoms with E-state index < -0.39 is 0 Å². The van der Waals surface area contributed by atoms with E-state index >= 15 is 0 Å². The highest BCUT2D eigenvalue weighted by molar-refractivity contribution is 7.16. The lowest BCUT2D eigenvalue weighted by Gasteiger charge is -2.04. The number of amides is 1. The van der Waals surface area contributed by atoms with Crippen LogP contribution < -0.4 is 4.80 Å². The van der Waals surface area contributed by atoms with Crippen LogP contribution in [-0.4, -0.2) is 23.6 Å². The van der Waals surface area contributed by atoms with E-state index in [4.69, 9.17) is 4.74 Å². The SMILES string of the molecule is COC(=O)CCn1c(=NC(=O)CCc2ccccc2)sc2cc(C)ccc21. The highest BCUT2D eigenvalue weighted by Gasteiger charge is 2.10. The third-order valence-electron chi connectivity index (χ3n) is 4.30. The molecule has 0 fully saturated rings. The second-order valence-electron chi connectivity index (χ2n) is 6.32. The van der Waals surface area contributed by atoms with Crippen LogP contribution in [0.15, 0.2) is 53.5 Å². The smallest absolute Gasteiger partial charge is 0.307 e. The number of benzene rings is 2. The average molecular weight is 382 g/mol. The first-order valence-electron chi connectivity index (χ1n) is 8.85. The number of aromatic nitrogens is 1. The number of ether oxygens (including phenoxy) is 1. The van der Waals surface area contributed by atoms with E-state index in [1.807, 2.05) is 54.0 Å². The van der Waals surface area contributed by atoms with Gasteiger partial charge >= 0.3 is 5.97 Å². The summed E-state index contributed by atoms with van der Waals surface area (Å²) in [6.07, 6.45) is 1.26. The summed E-state index contributed by atoms with van der Waals surface area (Å²) in [6.45, 7) is 2.46. The molecule has 0 aliphatic heterocycles. The minimum atomic E-state index is -0.282. The topological polar surface area (TPSA) is 60.7 Å². The fourth-order valence-electron chi connectivity index (χ4n) is 2.85. The molecule has 1 heterocycles. The van der Waals surface area contributed by atoms with Gasteiger partial charge in [-0.15, -0.1) is 0 Å². The summed E-state index contributed by atoms with van der Waals surface area (Å²) in [7, 11) is 1.38. The maximum atomic E-state index is 12.4. The Kier molecular flexibility index (Phi) is 6.19. The van der Waals surface area contributed by atoms with Crippen LogP contribution in [0, 0.1) is 6.92 Å². The van der Waals surface area contributed by atoms with Crippen LogP contribution in [0.5, 0.6) is 0 Å². The number of hydrogen-bond donors (Lipinski definition) is 0. The summed E-state index contributed by atoms with van der Waals surface area (Å²) in [4.78, 5) is 28.9. The van der Waals surface area contributed by atoms with Gasteiger partial charge in [0, 0.05) is 13.0 Å². The minimum absolute atomic E-state index is 0.158. The zero-order valence-corrected chi connectivity index (χ0v) is 16.3. The molecular formula is C21H22N2O3S. The molecule has 0 saturated heterocycles. The zero-order valence-electron chi connectivity index (χ0n) is 15.5. The minimum Gasteiger partial charge on any atom is -0.469 e. The van der Waals surface area contributed by atoms with Crippen LogP contribution in [0.2, 0.25) is 0 Å². The molecule has 0 radical (unpaired) electrons. The van der Waals surface area contributed by atoms with E-state index in [1.54, 1.807) is 0 Å². The van der Waals surface area contributed by atoms with Crippen LogP contribution in [0.3, 0.4) is 0 Å². The van der Waals surface area contributed by atoms with Crippen LogP contribution in [0.25, 0.3) is 10.2 Å². The number of fused-ring (bicyclic) bond motifs is 1. The van der Waals surface area contributed by atoms with E-state index in [2.05, 4.69) is 11.1 Å². The highest BCUT2D eigenvalue weighted by Crippen LogP contribution is 2.19. The number of carbonyl (C=O) groups is 2. The Morgan fingerprint density at radius 2 is 1.89 bits per heavy atom. The van der Waals surface area contributed by atoms with Crippen LogP contribution in [0.4, 0.5) is 0 Å². The predicted molar refractivity (Wildman–Crippen MR) is 107 cm³/mol. The molecule has 0 aliphatic rings. The van der Waals surface area contributed by atoms with Crippen LogP contribution in [0.1, 0.15) is 24.0 Å². The van der Waals surface area contributed by atoms with Gasteiger partial charge in [-0.1, -0.05) is 47.7 Å². The van der Waals surface area contributed by atoms with Gasteiger partial charge in [0.1, 0.15) is 0 Å². The number of rotatable bonds is 6. The van der Waals surface area contributed by atoms with E-state index in [0.29, 0.717) is 24.2 Å². The van der Waals surface area contributed by atoms with Crippen molar-refractivity contribution in [1.82, 2.24) is 4.57 Å². The van der Waals surface area contributed by atoms with Gasteiger partial charge < -0.3 is 9.30 Å². The van der Waals surface area contributed by atoms with Crippen molar-refractivity contribution in [1.29, 1.82) is 0 Å². The van der Waals surface area contributed by atoms with Gasteiger partial charge in [-0.2, -0.15) is 4.99 Å². The Balaban J connectivity index is 1.87. The molecule has 27 heavy (non-hydrogen) atoms. The Labute approximate surface area is 161 Å². The molecule has 0 N–H and O–H groups in total. The summed E-state index contributed by atoms with van der Waals surface area (Å²) in [5, 5.41) is 0. The van der Waals surface area contributed by atoms with Gasteiger partial charge in [0.05, 0.1) is 23.7 Å². The summed E-state index contributed by atoms with van der Waals surface area (Å²) in [5.41, 5.74) is 3.24. The van der Waals surface area contributed by atoms with Gasteiger partial charge in [-0.05, 0) is 36.6 Å². The Morgan fingerprint density at radius 3 is 2.63 bits per heavy atom. The molecular weight excluding hydrogens is 360 g/mol. The van der Waals surface area contributed by atoms with Crippen molar-refractivity contribution in [3.63, 3.8) is 0 Å². The fraction of sp³-hybridized carbons (Fsp3) is 0.286. The molecule has 1 aromatic heterocycles. The third-order valence-corrected chi connectivity index (χ3v) is 5.34. The largest absolute Gasteiger partial charge is 0.469 e. The van der Waals surface area contributed by atoms with Crippen molar-refractivity contribution < 1.29 is 14.3 Å². The van der Waals surface area contributed by atoms with Crippen LogP contribution >= 0.6 is 11.3 Å². The number of hydrogen-bond acceptors (Lipinski definition) is 4. The zero-order chi connectivity index (χ0) is 19.2. The lowest BCUT2D eigenvalue weighted by Crippen LogP contribution is -2.19. The number of carbonyl (C=O) groups excluding carboxylic acids is 2. The summed E-state index contributed by atoms with van der Waals surface area (Å²) >= 11 is 1.47. The van der Waals surface area contributed by atoms with Gasteiger partial charge in [-0.25, -0.2) is 0 Å². The molecule has 0 bridgehead atoms. The number of aryl methyl sites for hydroxylation is 3. The Bertz CT molecular complexity index is 1020. The molecule has 3 rings (SSSR count). The quantitative estimate of drug-likeness (QED) is 0.612. The number of esters is 1. The molecule has 3 aromatic rings. The first-order chi connectivity index (χ1) is 13.1. The third kappa shape index (κ3) is 4.92. The molecule has 2 aromatic carbocycles. The Morgan fingerprint density at radius 1 is 1.11 bits per heavy atom. The van der Waals surface area contributed by atoms with E-state index in [-0.39, 0.29) is 18.3 Å². The molecule has 0 saturated carbocycles. The van der Waals surface area contributed by atoms with E-state index in [0.717, 1.165) is 21.3 Å². The molecule has 5 nitrogen and oxygen atoms in total. The molecule has 140 valence electrons. The molecule has 0 unspecified atom stereocenters. The van der Waals surface area contributed by atoms with Crippen molar-refractivity contribution in [3.8, 4) is 0 Å². The van der Waals surface area contributed by atoms with Gasteiger partial charge in [0.25, 0.3) is 0 Å². The average Bonchev–Trinajstić information content (AvgIpc) is 3.01. The molecule has 0 atom stereocenters. The first-order valence-corrected chi connectivity index (χ1v) is 9.67. The molecule has 6 heteroatoms. The lowest BCUT2D eigenvalue weighted by atomic mass is 10.1. The summed E-state index contributed by atoms with van der Waals surface area (Å²) < 4.78 is 7.72. The van der Waals surface area contributed by atoms with E-state index in [1.165, 1.54) is 18.4 Å². The molecule has 0 aliphatic carbocycles. The number of nitrogens with zero attached hydrogens (tertiary/aromatic N) is 2. The van der Waals surface area contributed by atoms with Crippen molar-refractivity contribution in [3.05, 3.63) is 64.5 Å². The Hall–Kier alpha value is -2.73. The van der Waals surface area contributed by atoms with Crippen molar-refractivity contribution in [2.24, 2.45) is 4.99 Å². The van der Waals surface area contributed by atoms with Gasteiger partial charge in [-0.3, -0.25) is 9.59 Å². The maximum Gasteiger partial charge on any atom is 0.307 e. The van der Waals surface area contributed by atoms with Gasteiger partial charge in [0.2, 0.25) is 5.91 Å². The lowest BCUT2D eigenvalue weighted by molar-refractivity contribution is -0.140. The van der Waals surface area contributed by atoms with E-state index in [9.17, 15) is 9.59 Å².